The lowest BCUT2D eigenvalue weighted by atomic mass is 10.1. The van der Waals surface area contributed by atoms with Gasteiger partial charge in [-0.2, -0.15) is 5.10 Å². The molecule has 0 atom stereocenters. The first-order valence-electron chi connectivity index (χ1n) is 6.23. The lowest BCUT2D eigenvalue weighted by molar-refractivity contribution is 0.628. The van der Waals surface area contributed by atoms with E-state index in [1.165, 1.54) is 12.1 Å². The van der Waals surface area contributed by atoms with Gasteiger partial charge in [0, 0.05) is 16.8 Å². The Bertz CT molecular complexity index is 702. The van der Waals surface area contributed by atoms with Gasteiger partial charge in [0.2, 0.25) is 0 Å². The smallest absolute Gasteiger partial charge is 0.123 e. The molecule has 1 aromatic heterocycles. The molecule has 0 saturated carbocycles. The number of rotatable bonds is 3. The molecule has 100 valence electrons. The molecule has 0 amide bonds. The van der Waals surface area contributed by atoms with Crippen LogP contribution in [-0.2, 0) is 6.54 Å². The maximum Gasteiger partial charge on any atom is 0.123 e. The Kier molecular flexibility index (Phi) is 3.52. The quantitative estimate of drug-likeness (QED) is 0.698. The summed E-state index contributed by atoms with van der Waals surface area (Å²) in [6.45, 7) is 0.679. The Morgan fingerprint density at radius 2 is 1.65 bits per heavy atom. The van der Waals surface area contributed by atoms with Gasteiger partial charge < -0.3 is 0 Å². The van der Waals surface area contributed by atoms with Crippen LogP contribution in [0.5, 0.6) is 0 Å². The largest absolute Gasteiger partial charge is 0.268 e. The fraction of sp³-hybridized carbons (Fsp3) is 0.0625. The molecule has 0 spiro atoms. The Hall–Kier alpha value is -2.13. The van der Waals surface area contributed by atoms with Crippen LogP contribution in [0.2, 0.25) is 5.02 Å². The van der Waals surface area contributed by atoms with E-state index in [0.29, 0.717) is 6.54 Å². The van der Waals surface area contributed by atoms with E-state index in [9.17, 15) is 4.39 Å². The summed E-state index contributed by atoms with van der Waals surface area (Å²) in [5.41, 5.74) is 3.05. The molecule has 0 aliphatic heterocycles. The van der Waals surface area contributed by atoms with E-state index in [1.54, 1.807) is 18.3 Å². The van der Waals surface area contributed by atoms with Gasteiger partial charge in [0.05, 0.1) is 12.7 Å². The van der Waals surface area contributed by atoms with Crippen molar-refractivity contribution in [1.29, 1.82) is 0 Å². The molecule has 1 heterocycles. The van der Waals surface area contributed by atoms with Crippen molar-refractivity contribution >= 4 is 11.6 Å². The minimum atomic E-state index is -0.234. The fourth-order valence-corrected chi connectivity index (χ4v) is 2.14. The predicted molar refractivity (Wildman–Crippen MR) is 78.2 cm³/mol. The second-order valence-electron chi connectivity index (χ2n) is 4.56. The van der Waals surface area contributed by atoms with Gasteiger partial charge >= 0.3 is 0 Å². The second-order valence-corrected chi connectivity index (χ2v) is 5.00. The van der Waals surface area contributed by atoms with E-state index in [4.69, 9.17) is 11.6 Å². The van der Waals surface area contributed by atoms with E-state index in [0.717, 1.165) is 21.7 Å². The van der Waals surface area contributed by atoms with Gasteiger partial charge in [-0.05, 0) is 35.4 Å². The molecule has 0 unspecified atom stereocenters. The first-order valence-corrected chi connectivity index (χ1v) is 6.61. The summed E-state index contributed by atoms with van der Waals surface area (Å²) in [6.07, 6.45) is 3.73. The highest BCUT2D eigenvalue weighted by atomic mass is 35.5. The third-order valence-corrected chi connectivity index (χ3v) is 3.32. The van der Waals surface area contributed by atoms with Crippen LogP contribution in [0.3, 0.4) is 0 Å². The highest BCUT2D eigenvalue weighted by Crippen LogP contribution is 2.19. The van der Waals surface area contributed by atoms with Gasteiger partial charge in [-0.15, -0.1) is 0 Å². The molecule has 3 rings (SSSR count). The van der Waals surface area contributed by atoms with Gasteiger partial charge in [0.1, 0.15) is 5.82 Å². The molecule has 2 nitrogen and oxygen atoms in total. The van der Waals surface area contributed by atoms with Crippen molar-refractivity contribution in [1.82, 2.24) is 9.78 Å². The second kappa shape index (κ2) is 5.47. The van der Waals surface area contributed by atoms with E-state index in [1.807, 2.05) is 35.1 Å². The molecule has 3 aromatic rings. The molecule has 20 heavy (non-hydrogen) atoms. The van der Waals surface area contributed by atoms with E-state index >= 15 is 0 Å². The lowest BCUT2D eigenvalue weighted by Gasteiger charge is -2.01. The minimum Gasteiger partial charge on any atom is -0.268 e. The van der Waals surface area contributed by atoms with Gasteiger partial charge in [-0.25, -0.2) is 4.39 Å². The van der Waals surface area contributed by atoms with Gasteiger partial charge in [-0.1, -0.05) is 35.9 Å². The zero-order valence-corrected chi connectivity index (χ0v) is 11.4. The van der Waals surface area contributed by atoms with Gasteiger partial charge in [-0.3, -0.25) is 4.68 Å². The van der Waals surface area contributed by atoms with Crippen molar-refractivity contribution in [2.24, 2.45) is 0 Å². The molecule has 0 saturated heterocycles. The van der Waals surface area contributed by atoms with Crippen molar-refractivity contribution in [3.8, 4) is 11.1 Å². The zero-order chi connectivity index (χ0) is 13.9. The Balaban J connectivity index is 1.80. The molecular formula is C16H12ClFN2. The Morgan fingerprint density at radius 1 is 0.950 bits per heavy atom. The van der Waals surface area contributed by atoms with Crippen molar-refractivity contribution in [3.05, 3.63) is 77.3 Å². The van der Waals surface area contributed by atoms with Crippen LogP contribution >= 0.6 is 11.6 Å². The number of benzene rings is 2. The Labute approximate surface area is 121 Å². The molecule has 0 fully saturated rings. The maximum absolute atomic E-state index is 12.9. The SMILES string of the molecule is Fc1ccc(-c2cnn(Cc3ccc(Cl)cc3)c2)cc1. The normalized spacial score (nSPS) is 10.7. The summed E-state index contributed by atoms with van der Waals surface area (Å²) in [5.74, 6) is -0.234. The average molecular weight is 287 g/mol. The van der Waals surface area contributed by atoms with E-state index < -0.39 is 0 Å². The van der Waals surface area contributed by atoms with Crippen molar-refractivity contribution in [2.45, 2.75) is 6.54 Å². The summed E-state index contributed by atoms with van der Waals surface area (Å²) in [4.78, 5) is 0. The lowest BCUT2D eigenvalue weighted by Crippen LogP contribution is -1.99. The minimum absolute atomic E-state index is 0.234. The van der Waals surface area contributed by atoms with Crippen molar-refractivity contribution < 1.29 is 4.39 Å². The predicted octanol–water partition coefficient (Wildman–Crippen LogP) is 4.39. The number of hydrogen-bond donors (Lipinski definition) is 0. The number of halogens is 2. The third-order valence-electron chi connectivity index (χ3n) is 3.07. The maximum atomic E-state index is 12.9. The zero-order valence-electron chi connectivity index (χ0n) is 10.6. The van der Waals surface area contributed by atoms with Crippen molar-refractivity contribution in [2.75, 3.05) is 0 Å². The summed E-state index contributed by atoms with van der Waals surface area (Å²) in [6, 6.07) is 14.1. The number of aromatic nitrogens is 2. The van der Waals surface area contributed by atoms with Crippen LogP contribution in [-0.4, -0.2) is 9.78 Å². The van der Waals surface area contributed by atoms with Crippen LogP contribution < -0.4 is 0 Å². The standard InChI is InChI=1S/C16H12ClFN2/c17-15-5-1-12(2-6-15)10-20-11-14(9-19-20)13-3-7-16(18)8-4-13/h1-9,11H,10H2. The monoisotopic (exact) mass is 286 g/mol. The number of hydrogen-bond acceptors (Lipinski definition) is 1. The topological polar surface area (TPSA) is 17.8 Å². The average Bonchev–Trinajstić information content (AvgIpc) is 2.91. The van der Waals surface area contributed by atoms with Gasteiger partial charge in [0.25, 0.3) is 0 Å². The first-order chi connectivity index (χ1) is 9.70. The van der Waals surface area contributed by atoms with Crippen molar-refractivity contribution in [3.63, 3.8) is 0 Å². The third kappa shape index (κ3) is 2.89. The van der Waals surface area contributed by atoms with E-state index in [-0.39, 0.29) is 5.82 Å². The molecule has 0 N–H and O–H groups in total. The summed E-state index contributed by atoms with van der Waals surface area (Å²) in [7, 11) is 0. The van der Waals surface area contributed by atoms with E-state index in [2.05, 4.69) is 5.10 Å². The molecule has 4 heteroatoms. The highest BCUT2D eigenvalue weighted by Gasteiger charge is 2.03. The highest BCUT2D eigenvalue weighted by molar-refractivity contribution is 6.30. The summed E-state index contributed by atoms with van der Waals surface area (Å²) >= 11 is 5.86. The number of nitrogens with zero attached hydrogens (tertiary/aromatic N) is 2. The van der Waals surface area contributed by atoms with Crippen LogP contribution in [0.1, 0.15) is 5.56 Å². The summed E-state index contributed by atoms with van der Waals surface area (Å²) in [5, 5.41) is 5.05. The molecule has 0 aliphatic carbocycles. The van der Waals surface area contributed by atoms with Crippen LogP contribution in [0.15, 0.2) is 60.9 Å². The fourth-order valence-electron chi connectivity index (χ4n) is 2.02. The van der Waals surface area contributed by atoms with Crippen LogP contribution in [0.25, 0.3) is 11.1 Å². The summed E-state index contributed by atoms with van der Waals surface area (Å²) < 4.78 is 14.7. The van der Waals surface area contributed by atoms with Crippen LogP contribution in [0, 0.1) is 5.82 Å². The molecule has 0 radical (unpaired) electrons. The molecule has 0 bridgehead atoms. The molecule has 0 aliphatic rings. The van der Waals surface area contributed by atoms with Gasteiger partial charge in [0.15, 0.2) is 0 Å². The molecular weight excluding hydrogens is 275 g/mol. The first kappa shape index (κ1) is 12.9. The van der Waals surface area contributed by atoms with Crippen LogP contribution in [0.4, 0.5) is 4.39 Å². The Morgan fingerprint density at radius 3 is 2.35 bits per heavy atom. The molecule has 2 aromatic carbocycles.